The van der Waals surface area contributed by atoms with Gasteiger partial charge in [-0.25, -0.2) is 0 Å². The lowest BCUT2D eigenvalue weighted by atomic mass is 9.66. The lowest BCUT2D eigenvalue weighted by Gasteiger charge is -2.52. The third-order valence-electron chi connectivity index (χ3n) is 7.10. The second-order valence-electron chi connectivity index (χ2n) is 9.15. The minimum atomic E-state index is -0.681. The van der Waals surface area contributed by atoms with Crippen LogP contribution in [-0.2, 0) is 4.79 Å². The molecule has 1 saturated heterocycles. The molecular weight excluding hydrogens is 404 g/mol. The quantitative estimate of drug-likeness (QED) is 0.703. The van der Waals surface area contributed by atoms with Crippen LogP contribution in [0.2, 0.25) is 0 Å². The average molecular weight is 439 g/mol. The summed E-state index contributed by atoms with van der Waals surface area (Å²) in [6.45, 7) is 2.98. The molecule has 6 nitrogen and oxygen atoms in total. The van der Waals surface area contributed by atoms with Gasteiger partial charge in [-0.15, -0.1) is 0 Å². The summed E-state index contributed by atoms with van der Waals surface area (Å²) in [4.78, 5) is 15.2. The van der Waals surface area contributed by atoms with E-state index in [1.165, 1.54) is 0 Å². The van der Waals surface area contributed by atoms with Gasteiger partial charge in [-0.05, 0) is 56.0 Å². The Morgan fingerprint density at radius 2 is 1.84 bits per heavy atom. The van der Waals surface area contributed by atoms with Crippen molar-refractivity contribution in [1.82, 2.24) is 4.90 Å². The van der Waals surface area contributed by atoms with E-state index in [-0.39, 0.29) is 24.4 Å². The zero-order valence-corrected chi connectivity index (χ0v) is 19.3. The highest BCUT2D eigenvalue weighted by Gasteiger charge is 2.49. The molecule has 1 aliphatic heterocycles. The van der Waals surface area contributed by atoms with E-state index < -0.39 is 5.60 Å². The zero-order chi connectivity index (χ0) is 22.7. The minimum absolute atomic E-state index is 0.0411. The summed E-state index contributed by atoms with van der Waals surface area (Å²) >= 11 is 0. The minimum Gasteiger partial charge on any atom is -0.493 e. The van der Waals surface area contributed by atoms with E-state index in [9.17, 15) is 9.90 Å². The first-order chi connectivity index (χ1) is 15.4. The molecule has 4 rings (SSSR count). The number of hydrogen-bond acceptors (Lipinski definition) is 5. The number of benzene rings is 2. The van der Waals surface area contributed by atoms with Crippen LogP contribution in [0.25, 0.3) is 0 Å². The van der Waals surface area contributed by atoms with Crippen LogP contribution in [0.4, 0.5) is 5.69 Å². The van der Waals surface area contributed by atoms with Crippen molar-refractivity contribution in [2.75, 3.05) is 32.6 Å². The molecule has 1 heterocycles. The Bertz CT molecular complexity index is 945. The van der Waals surface area contributed by atoms with E-state index >= 15 is 0 Å². The fourth-order valence-electron chi connectivity index (χ4n) is 5.42. The monoisotopic (exact) mass is 438 g/mol. The molecule has 0 unspecified atom stereocenters. The van der Waals surface area contributed by atoms with Gasteiger partial charge < -0.3 is 19.9 Å². The van der Waals surface area contributed by atoms with Crippen molar-refractivity contribution in [2.45, 2.75) is 50.7 Å². The number of anilines is 1. The number of nitrogens with one attached hydrogen (secondary N) is 1. The first-order valence-corrected chi connectivity index (χ1v) is 11.5. The fraction of sp³-hybridized carbons (Fsp3) is 0.500. The van der Waals surface area contributed by atoms with Gasteiger partial charge in [0.2, 0.25) is 5.91 Å². The Balaban J connectivity index is 1.61. The van der Waals surface area contributed by atoms with Crippen LogP contribution in [0.1, 0.15) is 49.3 Å². The number of aliphatic hydroxyl groups is 1. The largest absolute Gasteiger partial charge is 0.493 e. The SMILES string of the molecule is COc1ccc([C@H]2[C@H]3CCCC[C@@]3(O)CCN2CC(=O)Nc2ccc(C)cc2)cc1OC. The highest BCUT2D eigenvalue weighted by atomic mass is 16.5. The van der Waals surface area contributed by atoms with Gasteiger partial charge in [0, 0.05) is 24.2 Å². The predicted molar refractivity (Wildman–Crippen MR) is 125 cm³/mol. The van der Waals surface area contributed by atoms with Gasteiger partial charge in [-0.3, -0.25) is 9.69 Å². The molecule has 32 heavy (non-hydrogen) atoms. The van der Waals surface area contributed by atoms with E-state index in [1.54, 1.807) is 14.2 Å². The number of fused-ring (bicyclic) bond motifs is 1. The molecule has 6 heteroatoms. The van der Waals surface area contributed by atoms with Crippen molar-refractivity contribution in [3.63, 3.8) is 0 Å². The van der Waals surface area contributed by atoms with Gasteiger partial charge in [0.1, 0.15) is 0 Å². The summed E-state index contributed by atoms with van der Waals surface area (Å²) in [6, 6.07) is 13.7. The van der Waals surface area contributed by atoms with E-state index in [1.807, 2.05) is 49.4 Å². The summed E-state index contributed by atoms with van der Waals surface area (Å²) in [7, 11) is 3.26. The number of ether oxygens (including phenoxy) is 2. The summed E-state index contributed by atoms with van der Waals surface area (Å²) in [6.07, 6.45) is 4.62. The lowest BCUT2D eigenvalue weighted by molar-refractivity contribution is -0.135. The molecular formula is C26H34N2O4. The molecule has 2 N–H and O–H groups in total. The number of likely N-dealkylation sites (tertiary alicyclic amines) is 1. The van der Waals surface area contributed by atoms with Crippen molar-refractivity contribution in [3.8, 4) is 11.5 Å². The Morgan fingerprint density at radius 3 is 2.56 bits per heavy atom. The summed E-state index contributed by atoms with van der Waals surface area (Å²) in [5.74, 6) is 1.38. The van der Waals surface area contributed by atoms with E-state index in [0.717, 1.165) is 42.5 Å². The maximum atomic E-state index is 12.9. The van der Waals surface area contributed by atoms with Gasteiger partial charge in [0.05, 0.1) is 26.4 Å². The molecule has 1 amide bonds. The molecule has 3 atom stereocenters. The van der Waals surface area contributed by atoms with Crippen molar-refractivity contribution >= 4 is 11.6 Å². The zero-order valence-electron chi connectivity index (χ0n) is 19.3. The molecule has 0 aromatic heterocycles. The van der Waals surface area contributed by atoms with Gasteiger partial charge in [-0.2, -0.15) is 0 Å². The van der Waals surface area contributed by atoms with Crippen molar-refractivity contribution in [2.24, 2.45) is 5.92 Å². The van der Waals surface area contributed by atoms with Crippen molar-refractivity contribution in [1.29, 1.82) is 0 Å². The van der Waals surface area contributed by atoms with E-state index in [0.29, 0.717) is 24.5 Å². The number of rotatable bonds is 6. The van der Waals surface area contributed by atoms with Gasteiger partial charge in [-0.1, -0.05) is 36.6 Å². The number of hydrogen-bond donors (Lipinski definition) is 2. The van der Waals surface area contributed by atoms with E-state index in [2.05, 4.69) is 10.2 Å². The highest BCUT2D eigenvalue weighted by Crippen LogP contribution is 2.50. The number of aryl methyl sites for hydroxylation is 1. The second-order valence-corrected chi connectivity index (χ2v) is 9.15. The maximum absolute atomic E-state index is 12.9. The number of nitrogens with zero attached hydrogens (tertiary/aromatic N) is 1. The molecule has 172 valence electrons. The number of carbonyl (C=O) groups is 1. The van der Waals surface area contributed by atoms with Crippen LogP contribution in [0, 0.1) is 12.8 Å². The third-order valence-corrected chi connectivity index (χ3v) is 7.10. The number of amides is 1. The molecule has 0 radical (unpaired) electrons. The third kappa shape index (κ3) is 4.62. The topological polar surface area (TPSA) is 71.0 Å². The normalized spacial score (nSPS) is 25.6. The Morgan fingerprint density at radius 1 is 1.09 bits per heavy atom. The van der Waals surface area contributed by atoms with Crippen molar-refractivity contribution < 1.29 is 19.4 Å². The molecule has 2 aliphatic rings. The van der Waals surface area contributed by atoms with Crippen molar-refractivity contribution in [3.05, 3.63) is 53.6 Å². The average Bonchev–Trinajstić information content (AvgIpc) is 2.80. The Kier molecular flexibility index (Phi) is 6.72. The molecule has 2 aromatic rings. The molecule has 1 saturated carbocycles. The first kappa shape index (κ1) is 22.6. The van der Waals surface area contributed by atoms with Crippen LogP contribution < -0.4 is 14.8 Å². The Hall–Kier alpha value is -2.57. The lowest BCUT2D eigenvalue weighted by Crippen LogP contribution is -2.56. The molecule has 0 bridgehead atoms. The Labute approximate surface area is 190 Å². The second kappa shape index (κ2) is 9.51. The number of piperidine rings is 1. The highest BCUT2D eigenvalue weighted by molar-refractivity contribution is 5.92. The smallest absolute Gasteiger partial charge is 0.238 e. The molecule has 2 fully saturated rings. The molecule has 0 spiro atoms. The van der Waals surface area contributed by atoms with Gasteiger partial charge in [0.15, 0.2) is 11.5 Å². The molecule has 1 aliphatic carbocycles. The maximum Gasteiger partial charge on any atom is 0.238 e. The van der Waals surface area contributed by atoms with Crippen LogP contribution in [0.3, 0.4) is 0 Å². The number of methoxy groups -OCH3 is 2. The van der Waals surface area contributed by atoms with Crippen LogP contribution in [0.15, 0.2) is 42.5 Å². The van der Waals surface area contributed by atoms with Crippen LogP contribution in [0.5, 0.6) is 11.5 Å². The first-order valence-electron chi connectivity index (χ1n) is 11.5. The predicted octanol–water partition coefficient (Wildman–Crippen LogP) is 4.32. The summed E-state index contributed by atoms with van der Waals surface area (Å²) < 4.78 is 11.0. The summed E-state index contributed by atoms with van der Waals surface area (Å²) in [5.41, 5.74) is 2.33. The fourth-order valence-corrected chi connectivity index (χ4v) is 5.42. The standard InChI is InChI=1S/C26H34N2O4/c1-18-7-10-20(11-8-18)27-24(29)17-28-15-14-26(30)13-5-4-6-21(26)25(28)19-9-12-22(31-2)23(16-19)32-3/h7-12,16,21,25,30H,4-6,13-15,17H2,1-3H3,(H,27,29)/t21-,25+,26-/m1/s1. The molecule has 2 aromatic carbocycles. The van der Waals surface area contributed by atoms with Gasteiger partial charge >= 0.3 is 0 Å². The number of carbonyl (C=O) groups excluding carboxylic acids is 1. The summed E-state index contributed by atoms with van der Waals surface area (Å²) in [5, 5.41) is 14.5. The van der Waals surface area contributed by atoms with Gasteiger partial charge in [0.25, 0.3) is 0 Å². The van der Waals surface area contributed by atoms with E-state index in [4.69, 9.17) is 9.47 Å². The van der Waals surface area contributed by atoms with Crippen LogP contribution >= 0.6 is 0 Å². The van der Waals surface area contributed by atoms with Crippen LogP contribution in [-0.4, -0.2) is 48.8 Å².